The van der Waals surface area contributed by atoms with Crippen molar-refractivity contribution in [3.05, 3.63) is 130 Å². The molecule has 0 saturated carbocycles. The van der Waals surface area contributed by atoms with Crippen molar-refractivity contribution in [1.82, 2.24) is 0 Å². The maximum absolute atomic E-state index is 6.34. The first-order valence-corrected chi connectivity index (χ1v) is 12.8. The minimum atomic E-state index is 0.392. The van der Waals surface area contributed by atoms with E-state index >= 15 is 0 Å². The number of benzene rings is 4. The molecule has 4 aromatic rings. The van der Waals surface area contributed by atoms with E-state index in [1.807, 2.05) is 109 Å². The third-order valence-corrected chi connectivity index (χ3v) is 6.36. The number of methoxy groups -OCH3 is 1. The Labute approximate surface area is 226 Å². The number of ether oxygens (including phenoxy) is 3. The molecule has 37 heavy (non-hydrogen) atoms. The zero-order valence-corrected chi connectivity index (χ0v) is 22.4. The molecule has 0 saturated heterocycles. The Balaban J connectivity index is 1.71. The van der Waals surface area contributed by atoms with Crippen LogP contribution in [0.2, 0.25) is 0 Å². The molecule has 0 aliphatic rings. The second kappa shape index (κ2) is 12.8. The molecule has 4 aromatic carbocycles. The molecule has 0 aromatic heterocycles. The number of aryl methyl sites for hydroxylation is 1. The monoisotopic (exact) mass is 556 g/mol. The van der Waals surface area contributed by atoms with Gasteiger partial charge in [0.05, 0.1) is 7.11 Å². The maximum Gasteiger partial charge on any atom is 0.133 e. The fourth-order valence-electron chi connectivity index (χ4n) is 3.91. The molecule has 0 fully saturated rings. The minimum Gasteiger partial charge on any atom is -0.497 e. The molecule has 0 radical (unpaired) electrons. The van der Waals surface area contributed by atoms with Gasteiger partial charge in [-0.25, -0.2) is 0 Å². The summed E-state index contributed by atoms with van der Waals surface area (Å²) in [6.07, 6.45) is 0. The topological polar surface area (TPSA) is 66.1 Å². The summed E-state index contributed by atoms with van der Waals surface area (Å²) in [5, 5.41) is 4.19. The van der Waals surface area contributed by atoms with Crippen LogP contribution in [0, 0.1) is 6.92 Å². The van der Waals surface area contributed by atoms with Crippen molar-refractivity contribution in [3.63, 3.8) is 0 Å². The van der Waals surface area contributed by atoms with E-state index in [1.165, 1.54) is 0 Å². The Morgan fingerprint density at radius 1 is 0.811 bits per heavy atom. The standard InChI is InChI=1S/C31H29BrN2O3/c1-22-17-27(31(34-33)28(19-32)25-13-15-26(35-2)16-14-25)30(37-21-24-11-7-4-8-12-24)18-29(22)36-20-23-9-5-3-6-10-23/h3-19H,20-21,33H2,1-2H3/b28-19+,34-31-. The van der Waals surface area contributed by atoms with E-state index < -0.39 is 0 Å². The molecule has 0 atom stereocenters. The van der Waals surface area contributed by atoms with Gasteiger partial charge in [0.1, 0.15) is 36.2 Å². The summed E-state index contributed by atoms with van der Waals surface area (Å²) in [6.45, 7) is 2.85. The molecule has 0 aliphatic heterocycles. The summed E-state index contributed by atoms with van der Waals surface area (Å²) in [4.78, 5) is 1.82. The van der Waals surface area contributed by atoms with Gasteiger partial charge in [0.25, 0.3) is 0 Å². The first-order chi connectivity index (χ1) is 18.1. The Kier molecular flexibility index (Phi) is 9.00. The van der Waals surface area contributed by atoms with E-state index in [0.29, 0.717) is 24.7 Å². The highest BCUT2D eigenvalue weighted by molar-refractivity contribution is 9.11. The van der Waals surface area contributed by atoms with Crippen molar-refractivity contribution >= 4 is 27.2 Å². The van der Waals surface area contributed by atoms with Crippen molar-refractivity contribution in [2.45, 2.75) is 20.1 Å². The van der Waals surface area contributed by atoms with Crippen molar-refractivity contribution in [2.75, 3.05) is 7.11 Å². The fraction of sp³-hybridized carbons (Fsp3) is 0.129. The van der Waals surface area contributed by atoms with Crippen LogP contribution < -0.4 is 20.1 Å². The van der Waals surface area contributed by atoms with Gasteiger partial charge in [-0.15, -0.1) is 0 Å². The first-order valence-electron chi connectivity index (χ1n) is 11.8. The summed E-state index contributed by atoms with van der Waals surface area (Å²) < 4.78 is 17.8. The molecule has 2 N–H and O–H groups in total. The second-order valence-electron chi connectivity index (χ2n) is 8.39. The lowest BCUT2D eigenvalue weighted by Gasteiger charge is -2.19. The number of nitrogens with zero attached hydrogens (tertiary/aromatic N) is 1. The molecule has 4 rings (SSSR count). The van der Waals surface area contributed by atoms with Crippen LogP contribution >= 0.6 is 15.9 Å². The van der Waals surface area contributed by atoms with Crippen molar-refractivity contribution in [3.8, 4) is 17.2 Å². The highest BCUT2D eigenvalue weighted by Gasteiger charge is 2.20. The fourth-order valence-corrected chi connectivity index (χ4v) is 4.39. The number of hydrazone groups is 1. The Morgan fingerprint density at radius 2 is 1.38 bits per heavy atom. The number of hydrogen-bond acceptors (Lipinski definition) is 5. The Hall–Kier alpha value is -4.03. The van der Waals surface area contributed by atoms with Crippen LogP contribution in [0.15, 0.2) is 107 Å². The predicted octanol–water partition coefficient (Wildman–Crippen LogP) is 7.26. The average Bonchev–Trinajstić information content (AvgIpc) is 2.95. The normalized spacial score (nSPS) is 11.8. The highest BCUT2D eigenvalue weighted by atomic mass is 79.9. The molecule has 188 valence electrons. The lowest BCUT2D eigenvalue weighted by Crippen LogP contribution is -2.11. The van der Waals surface area contributed by atoms with Crippen LogP contribution in [-0.4, -0.2) is 12.8 Å². The SMILES string of the molecule is COc1ccc(C(=C\Br)/C(=N\N)c2cc(C)c(OCc3ccccc3)cc2OCc2ccccc2)cc1. The number of allylic oxidation sites excluding steroid dienone is 1. The van der Waals surface area contributed by atoms with Gasteiger partial charge >= 0.3 is 0 Å². The van der Waals surface area contributed by atoms with E-state index in [0.717, 1.165) is 44.9 Å². The van der Waals surface area contributed by atoms with E-state index in [-0.39, 0.29) is 0 Å². The lowest BCUT2D eigenvalue weighted by atomic mass is 9.95. The van der Waals surface area contributed by atoms with Gasteiger partial charge in [-0.05, 0) is 52.4 Å². The number of halogens is 1. The van der Waals surface area contributed by atoms with Crippen LogP contribution in [0.5, 0.6) is 17.2 Å². The van der Waals surface area contributed by atoms with Crippen LogP contribution in [0.25, 0.3) is 5.57 Å². The van der Waals surface area contributed by atoms with Crippen molar-refractivity contribution in [1.29, 1.82) is 0 Å². The second-order valence-corrected chi connectivity index (χ2v) is 8.85. The third kappa shape index (κ3) is 6.60. The zero-order valence-electron chi connectivity index (χ0n) is 20.9. The minimum absolute atomic E-state index is 0.392. The molecule has 0 aliphatic carbocycles. The summed E-state index contributed by atoms with van der Waals surface area (Å²) in [5.74, 6) is 8.12. The third-order valence-electron chi connectivity index (χ3n) is 5.90. The number of rotatable bonds is 10. The van der Waals surface area contributed by atoms with Crippen LogP contribution in [-0.2, 0) is 13.2 Å². The largest absolute Gasteiger partial charge is 0.497 e. The molecule has 0 amide bonds. The van der Waals surface area contributed by atoms with Gasteiger partial charge in [0, 0.05) is 17.2 Å². The summed E-state index contributed by atoms with van der Waals surface area (Å²) in [6, 6.07) is 31.7. The van der Waals surface area contributed by atoms with Crippen molar-refractivity contribution < 1.29 is 14.2 Å². The molecule has 0 unspecified atom stereocenters. The number of hydrogen-bond donors (Lipinski definition) is 1. The molecule has 5 nitrogen and oxygen atoms in total. The van der Waals surface area contributed by atoms with Gasteiger partial charge in [-0.2, -0.15) is 5.10 Å². The van der Waals surface area contributed by atoms with E-state index in [1.54, 1.807) is 7.11 Å². The van der Waals surface area contributed by atoms with Crippen molar-refractivity contribution in [2.24, 2.45) is 10.9 Å². The van der Waals surface area contributed by atoms with Crippen LogP contribution in [0.3, 0.4) is 0 Å². The summed E-state index contributed by atoms with van der Waals surface area (Å²) in [5.41, 5.74) is 6.18. The van der Waals surface area contributed by atoms with Gasteiger partial charge < -0.3 is 20.1 Å². The summed E-state index contributed by atoms with van der Waals surface area (Å²) >= 11 is 3.52. The Bertz CT molecular complexity index is 1370. The molecule has 0 spiro atoms. The molecule has 6 heteroatoms. The average molecular weight is 557 g/mol. The summed E-state index contributed by atoms with van der Waals surface area (Å²) in [7, 11) is 1.64. The lowest BCUT2D eigenvalue weighted by molar-refractivity contribution is 0.288. The maximum atomic E-state index is 6.34. The van der Waals surface area contributed by atoms with E-state index in [9.17, 15) is 0 Å². The molecule has 0 heterocycles. The quantitative estimate of drug-likeness (QED) is 0.127. The van der Waals surface area contributed by atoms with Gasteiger partial charge in [-0.3, -0.25) is 0 Å². The van der Waals surface area contributed by atoms with Crippen LogP contribution in [0.4, 0.5) is 0 Å². The van der Waals surface area contributed by atoms with E-state index in [2.05, 4.69) is 21.0 Å². The smallest absolute Gasteiger partial charge is 0.133 e. The van der Waals surface area contributed by atoms with E-state index in [4.69, 9.17) is 20.1 Å². The Morgan fingerprint density at radius 3 is 1.89 bits per heavy atom. The predicted molar refractivity (Wildman–Crippen MR) is 153 cm³/mol. The zero-order chi connectivity index (χ0) is 26.0. The van der Waals surface area contributed by atoms with Gasteiger partial charge in [-0.1, -0.05) is 88.7 Å². The van der Waals surface area contributed by atoms with Crippen LogP contribution in [0.1, 0.15) is 27.8 Å². The molecular weight excluding hydrogens is 528 g/mol. The molecular formula is C31H29BrN2O3. The van der Waals surface area contributed by atoms with Gasteiger partial charge in [0.2, 0.25) is 0 Å². The number of nitrogens with two attached hydrogens (primary N) is 1. The molecule has 0 bridgehead atoms. The first kappa shape index (κ1) is 26.0. The van der Waals surface area contributed by atoms with Gasteiger partial charge in [0.15, 0.2) is 0 Å². The highest BCUT2D eigenvalue weighted by Crippen LogP contribution is 2.34.